The van der Waals surface area contributed by atoms with E-state index < -0.39 is 0 Å². The molecule has 0 fully saturated rings. The molecular weight excluding hydrogens is 246 g/mol. The van der Waals surface area contributed by atoms with Crippen molar-refractivity contribution in [1.29, 1.82) is 0 Å². The fraction of sp³-hybridized carbons (Fsp3) is 0.357. The number of aromatic nitrogens is 2. The number of nitrogens with two attached hydrogens (primary N) is 1. The van der Waals surface area contributed by atoms with Crippen molar-refractivity contribution in [3.8, 4) is 5.69 Å². The number of rotatable bonds is 3. The zero-order valence-electron chi connectivity index (χ0n) is 10.9. The Morgan fingerprint density at radius 1 is 1.28 bits per heavy atom. The van der Waals surface area contributed by atoms with Gasteiger partial charge in [-0.05, 0) is 37.3 Å². The van der Waals surface area contributed by atoms with E-state index in [-0.39, 0.29) is 5.41 Å². The highest BCUT2D eigenvalue weighted by Crippen LogP contribution is 2.23. The Labute approximate surface area is 113 Å². The molecule has 0 aliphatic heterocycles. The third-order valence-electron chi connectivity index (χ3n) is 3.16. The Hall–Kier alpha value is -1.32. The minimum absolute atomic E-state index is 0.109. The van der Waals surface area contributed by atoms with Crippen LogP contribution in [-0.2, 0) is 5.41 Å². The summed E-state index contributed by atoms with van der Waals surface area (Å²) in [6.45, 7) is 6.81. The summed E-state index contributed by atoms with van der Waals surface area (Å²) in [7, 11) is 0. The average Bonchev–Trinajstić information content (AvgIpc) is 2.73. The molecule has 0 aliphatic rings. The van der Waals surface area contributed by atoms with E-state index in [1.807, 2.05) is 35.9 Å². The summed E-state index contributed by atoms with van der Waals surface area (Å²) in [5.74, 6) is 0. The lowest BCUT2D eigenvalue weighted by atomic mass is 9.90. The molecule has 1 heterocycles. The molecule has 2 rings (SSSR count). The maximum absolute atomic E-state index is 5.89. The first-order chi connectivity index (χ1) is 8.44. The SMILES string of the molecule is Cc1cc(C(C)(C)CN)nn1-c1ccc(Cl)cc1. The van der Waals surface area contributed by atoms with Gasteiger partial charge in [-0.25, -0.2) is 4.68 Å². The molecular formula is C14H18ClN3. The number of hydrogen-bond acceptors (Lipinski definition) is 2. The lowest BCUT2D eigenvalue weighted by Gasteiger charge is -2.19. The molecule has 1 aromatic heterocycles. The van der Waals surface area contributed by atoms with Gasteiger partial charge >= 0.3 is 0 Å². The Morgan fingerprint density at radius 3 is 2.44 bits per heavy atom. The number of nitrogens with zero attached hydrogens (tertiary/aromatic N) is 2. The first-order valence-electron chi connectivity index (χ1n) is 5.97. The van der Waals surface area contributed by atoms with Gasteiger partial charge < -0.3 is 5.73 Å². The summed E-state index contributed by atoms with van der Waals surface area (Å²) < 4.78 is 1.92. The van der Waals surface area contributed by atoms with Crippen LogP contribution in [0.5, 0.6) is 0 Å². The van der Waals surface area contributed by atoms with Gasteiger partial charge in [-0.1, -0.05) is 25.4 Å². The summed E-state index contributed by atoms with van der Waals surface area (Å²) in [6, 6.07) is 9.74. The van der Waals surface area contributed by atoms with Crippen LogP contribution < -0.4 is 5.73 Å². The van der Waals surface area contributed by atoms with Crippen LogP contribution in [0.1, 0.15) is 25.2 Å². The zero-order valence-corrected chi connectivity index (χ0v) is 11.7. The lowest BCUT2D eigenvalue weighted by molar-refractivity contribution is 0.515. The predicted molar refractivity (Wildman–Crippen MR) is 75.4 cm³/mol. The number of hydrogen-bond donors (Lipinski definition) is 1. The quantitative estimate of drug-likeness (QED) is 0.925. The number of halogens is 1. The van der Waals surface area contributed by atoms with Crippen LogP contribution in [0.2, 0.25) is 5.02 Å². The van der Waals surface area contributed by atoms with Crippen molar-refractivity contribution < 1.29 is 0 Å². The highest BCUT2D eigenvalue weighted by molar-refractivity contribution is 6.30. The second-order valence-corrected chi connectivity index (χ2v) is 5.58. The first-order valence-corrected chi connectivity index (χ1v) is 6.35. The molecule has 0 atom stereocenters. The first kappa shape index (κ1) is 13.1. The van der Waals surface area contributed by atoms with Crippen LogP contribution in [-0.4, -0.2) is 16.3 Å². The fourth-order valence-corrected chi connectivity index (χ4v) is 1.88. The molecule has 3 nitrogen and oxygen atoms in total. The van der Waals surface area contributed by atoms with Crippen molar-refractivity contribution in [2.75, 3.05) is 6.54 Å². The van der Waals surface area contributed by atoms with E-state index in [1.54, 1.807) is 0 Å². The maximum Gasteiger partial charge on any atom is 0.0700 e. The van der Waals surface area contributed by atoms with E-state index in [9.17, 15) is 0 Å². The van der Waals surface area contributed by atoms with Gasteiger partial charge in [0.2, 0.25) is 0 Å². The van der Waals surface area contributed by atoms with Crippen LogP contribution in [0.15, 0.2) is 30.3 Å². The third-order valence-corrected chi connectivity index (χ3v) is 3.41. The van der Waals surface area contributed by atoms with Crippen LogP contribution in [0.25, 0.3) is 5.69 Å². The van der Waals surface area contributed by atoms with E-state index in [4.69, 9.17) is 17.3 Å². The van der Waals surface area contributed by atoms with Gasteiger partial charge in [0.05, 0.1) is 11.4 Å². The van der Waals surface area contributed by atoms with Gasteiger partial charge in [-0.2, -0.15) is 5.10 Å². The van der Waals surface area contributed by atoms with Gasteiger partial charge in [0, 0.05) is 22.7 Å². The molecule has 1 aromatic carbocycles. The van der Waals surface area contributed by atoms with Crippen LogP contribution in [0.3, 0.4) is 0 Å². The van der Waals surface area contributed by atoms with E-state index >= 15 is 0 Å². The molecule has 0 bridgehead atoms. The monoisotopic (exact) mass is 263 g/mol. The van der Waals surface area contributed by atoms with Crippen molar-refractivity contribution in [2.45, 2.75) is 26.2 Å². The smallest absolute Gasteiger partial charge is 0.0700 e. The molecule has 0 unspecified atom stereocenters. The Kier molecular flexibility index (Phi) is 3.46. The van der Waals surface area contributed by atoms with Gasteiger partial charge in [-0.3, -0.25) is 0 Å². The Bertz CT molecular complexity index is 541. The van der Waals surface area contributed by atoms with Crippen molar-refractivity contribution in [2.24, 2.45) is 5.73 Å². The van der Waals surface area contributed by atoms with E-state index in [2.05, 4.69) is 25.0 Å². The highest BCUT2D eigenvalue weighted by Gasteiger charge is 2.22. The van der Waals surface area contributed by atoms with Crippen LogP contribution >= 0.6 is 11.6 Å². The second kappa shape index (κ2) is 4.75. The predicted octanol–water partition coefficient (Wildman–Crippen LogP) is 3.07. The molecule has 0 amide bonds. The van der Waals surface area contributed by atoms with Crippen molar-refractivity contribution >= 4 is 11.6 Å². The van der Waals surface area contributed by atoms with Crippen molar-refractivity contribution in [1.82, 2.24) is 9.78 Å². The largest absolute Gasteiger partial charge is 0.330 e. The molecule has 0 aliphatic carbocycles. The second-order valence-electron chi connectivity index (χ2n) is 5.15. The Balaban J connectivity index is 2.44. The molecule has 0 saturated heterocycles. The molecule has 4 heteroatoms. The van der Waals surface area contributed by atoms with E-state index in [1.165, 1.54) is 0 Å². The maximum atomic E-state index is 5.89. The van der Waals surface area contributed by atoms with Gasteiger partial charge in [0.25, 0.3) is 0 Å². The normalized spacial score (nSPS) is 11.8. The third kappa shape index (κ3) is 2.42. The molecule has 96 valence electrons. The van der Waals surface area contributed by atoms with Crippen molar-refractivity contribution in [3.63, 3.8) is 0 Å². The van der Waals surface area contributed by atoms with Gasteiger partial charge in [-0.15, -0.1) is 0 Å². The number of aryl methyl sites for hydroxylation is 1. The highest BCUT2D eigenvalue weighted by atomic mass is 35.5. The molecule has 18 heavy (non-hydrogen) atoms. The Morgan fingerprint density at radius 2 is 1.89 bits per heavy atom. The van der Waals surface area contributed by atoms with Crippen LogP contribution in [0.4, 0.5) is 0 Å². The number of benzene rings is 1. The lowest BCUT2D eigenvalue weighted by Crippen LogP contribution is -2.28. The molecule has 2 N–H and O–H groups in total. The standard InChI is InChI=1S/C14H18ClN3/c1-10-8-13(14(2,3)9-16)17-18(10)12-6-4-11(15)5-7-12/h4-8H,9,16H2,1-3H3. The van der Waals surface area contributed by atoms with Crippen molar-refractivity contribution in [3.05, 3.63) is 46.7 Å². The zero-order chi connectivity index (χ0) is 13.3. The molecule has 0 radical (unpaired) electrons. The van der Waals surface area contributed by atoms with E-state index in [0.29, 0.717) is 6.54 Å². The summed E-state index contributed by atoms with van der Waals surface area (Å²) in [6.07, 6.45) is 0. The minimum atomic E-state index is -0.109. The minimum Gasteiger partial charge on any atom is -0.330 e. The van der Waals surface area contributed by atoms with Gasteiger partial charge in [0.1, 0.15) is 0 Å². The molecule has 0 spiro atoms. The molecule has 0 saturated carbocycles. The topological polar surface area (TPSA) is 43.8 Å². The van der Waals surface area contributed by atoms with E-state index in [0.717, 1.165) is 22.1 Å². The summed E-state index contributed by atoms with van der Waals surface area (Å²) in [5, 5.41) is 5.37. The summed E-state index contributed by atoms with van der Waals surface area (Å²) in [5.41, 5.74) is 8.79. The average molecular weight is 264 g/mol. The fourth-order valence-electron chi connectivity index (χ4n) is 1.75. The summed E-state index contributed by atoms with van der Waals surface area (Å²) in [4.78, 5) is 0. The van der Waals surface area contributed by atoms with Gasteiger partial charge in [0.15, 0.2) is 0 Å². The molecule has 2 aromatic rings. The van der Waals surface area contributed by atoms with Crippen LogP contribution in [0, 0.1) is 6.92 Å². The summed E-state index contributed by atoms with van der Waals surface area (Å²) >= 11 is 5.89.